The van der Waals surface area contributed by atoms with E-state index < -0.39 is 72.6 Å². The van der Waals surface area contributed by atoms with Crippen LogP contribution in [-0.4, -0.2) is 85.5 Å². The Kier molecular flexibility index (Phi) is 15.1. The van der Waals surface area contributed by atoms with Crippen LogP contribution in [0.4, 0.5) is 17.6 Å². The second-order valence-corrected chi connectivity index (χ2v) is 15.1. The van der Waals surface area contributed by atoms with Crippen LogP contribution in [0, 0.1) is 29.8 Å². The van der Waals surface area contributed by atoms with Gasteiger partial charge in [-0.1, -0.05) is 0 Å². The summed E-state index contributed by atoms with van der Waals surface area (Å²) in [6.07, 6.45) is 1.04. The Balaban J connectivity index is 3.11. The minimum Gasteiger partial charge on any atom is -0.748 e. The van der Waals surface area contributed by atoms with E-state index in [9.17, 15) is 26.5 Å². The van der Waals surface area contributed by atoms with Crippen molar-refractivity contribution in [3.05, 3.63) is 40.2 Å². The summed E-state index contributed by atoms with van der Waals surface area (Å²) in [7, 11) is -0.595. The Morgan fingerprint density at radius 3 is 2.09 bits per heavy atom. The van der Waals surface area contributed by atoms with E-state index in [1.54, 1.807) is 0 Å². The minimum atomic E-state index is -4.30. The Bertz CT molecular complexity index is 1230. The van der Waals surface area contributed by atoms with E-state index in [2.05, 4.69) is 35.4 Å². The fourth-order valence-electron chi connectivity index (χ4n) is 4.68. The average molecular weight is 674 g/mol. The number of amides is 1. The van der Waals surface area contributed by atoms with Gasteiger partial charge in [0.2, 0.25) is 23.1 Å². The van der Waals surface area contributed by atoms with Crippen molar-refractivity contribution < 1.29 is 44.5 Å². The first-order valence-corrected chi connectivity index (χ1v) is 16.6. The van der Waals surface area contributed by atoms with Crippen LogP contribution < -0.4 is 10.1 Å². The molecule has 0 radical (unpaired) electrons. The van der Waals surface area contributed by atoms with Gasteiger partial charge in [0.25, 0.3) is 0 Å². The molecule has 0 heterocycles. The predicted octanol–water partition coefficient (Wildman–Crippen LogP) is 5.10. The second kappa shape index (κ2) is 16.5. The molecule has 1 N–H and O–H groups in total. The number of carbonyl (C=O) groups is 1. The molecule has 0 aliphatic rings. The summed E-state index contributed by atoms with van der Waals surface area (Å²) in [5, 5.41) is 2.71. The summed E-state index contributed by atoms with van der Waals surface area (Å²) in [5.74, 6) is -9.69. The van der Waals surface area contributed by atoms with Crippen molar-refractivity contribution in [2.75, 3.05) is 51.8 Å². The van der Waals surface area contributed by atoms with Gasteiger partial charge in [-0.3, -0.25) is 4.79 Å². The summed E-state index contributed by atoms with van der Waals surface area (Å²) in [4.78, 5) is 16.6. The SMILES string of the molecule is [C-]#[N+]C(C)(C)CC(CC(C)(S)C(=O)NCCC[N+](C)(C)CCCS(=O)(=O)[O-])c1c(F)c(F)c(OCCCCS)c(F)c1F. The lowest BCUT2D eigenvalue weighted by Crippen LogP contribution is -2.45. The number of quaternary nitrogens is 1. The maximum atomic E-state index is 15.4. The molecule has 0 bridgehead atoms. The van der Waals surface area contributed by atoms with Crippen molar-refractivity contribution in [1.82, 2.24) is 5.32 Å². The van der Waals surface area contributed by atoms with E-state index in [1.807, 2.05) is 14.1 Å². The highest BCUT2D eigenvalue weighted by atomic mass is 32.2. The quantitative estimate of drug-likeness (QED) is 0.0361. The van der Waals surface area contributed by atoms with Crippen molar-refractivity contribution in [2.24, 2.45) is 0 Å². The van der Waals surface area contributed by atoms with Crippen molar-refractivity contribution in [3.63, 3.8) is 0 Å². The number of rotatable bonds is 19. The zero-order valence-corrected chi connectivity index (χ0v) is 27.9. The van der Waals surface area contributed by atoms with Gasteiger partial charge in [-0.25, -0.2) is 23.8 Å². The first kappa shape index (κ1) is 39.3. The van der Waals surface area contributed by atoms with Crippen molar-refractivity contribution in [1.29, 1.82) is 0 Å². The summed E-state index contributed by atoms with van der Waals surface area (Å²) < 4.78 is 97.1. The van der Waals surface area contributed by atoms with Gasteiger partial charge in [-0.05, 0) is 37.9 Å². The molecule has 0 aliphatic carbocycles. The molecule has 0 aromatic heterocycles. The molecule has 0 saturated carbocycles. The Hall–Kier alpha value is -1.73. The Morgan fingerprint density at radius 2 is 1.58 bits per heavy atom. The van der Waals surface area contributed by atoms with E-state index >= 15 is 8.78 Å². The van der Waals surface area contributed by atoms with Gasteiger partial charge in [-0.15, -0.1) is 0 Å². The standard InChI is InChI=1S/C28H43F4N3O5S3/c1-27(2,33-4)17-19(20-21(29)23(31)25(24(32)22(20)30)40-14-7-8-15-41)18-28(3,42)26(36)34-11-9-12-35(5,6)13-10-16-43(37,38)39/h19H,7-18H2,1-3,5-6H3,(H3-,34,36,37,38,39,41,42). The fourth-order valence-corrected chi connectivity index (χ4v) is 5.69. The van der Waals surface area contributed by atoms with Gasteiger partial charge >= 0.3 is 0 Å². The van der Waals surface area contributed by atoms with Gasteiger partial charge in [0, 0.05) is 51.0 Å². The first-order chi connectivity index (χ1) is 19.7. The molecule has 15 heteroatoms. The maximum absolute atomic E-state index is 15.4. The molecule has 1 aromatic carbocycles. The lowest BCUT2D eigenvalue weighted by Gasteiger charge is -2.31. The molecular formula is C28H43F4N3O5S3. The smallest absolute Gasteiger partial charge is 0.235 e. The number of carbonyl (C=O) groups excluding carboxylic acids is 1. The van der Waals surface area contributed by atoms with Crippen LogP contribution in [0.1, 0.15) is 70.8 Å². The molecule has 0 aliphatic heterocycles. The van der Waals surface area contributed by atoms with Crippen LogP contribution in [0.5, 0.6) is 5.75 Å². The minimum absolute atomic E-state index is 0.173. The monoisotopic (exact) mass is 673 g/mol. The van der Waals surface area contributed by atoms with Crippen LogP contribution in [-0.2, 0) is 14.9 Å². The Morgan fingerprint density at radius 1 is 1.02 bits per heavy atom. The molecule has 0 fully saturated rings. The molecule has 1 amide bonds. The Labute approximate surface area is 263 Å². The average Bonchev–Trinajstić information content (AvgIpc) is 2.88. The van der Waals surface area contributed by atoms with E-state index in [0.717, 1.165) is 0 Å². The summed E-state index contributed by atoms with van der Waals surface area (Å²) in [6.45, 7) is 12.9. The van der Waals surface area contributed by atoms with Gasteiger partial charge in [0.15, 0.2) is 17.4 Å². The van der Waals surface area contributed by atoms with Gasteiger partial charge in [-0.2, -0.15) is 34.0 Å². The molecule has 2 unspecified atom stereocenters. The lowest BCUT2D eigenvalue weighted by molar-refractivity contribution is -0.890. The van der Waals surface area contributed by atoms with Crippen molar-refractivity contribution in [2.45, 2.75) is 75.5 Å². The number of benzene rings is 1. The highest BCUT2D eigenvalue weighted by molar-refractivity contribution is 7.85. The molecule has 0 saturated heterocycles. The second-order valence-electron chi connectivity index (χ2n) is 12.2. The number of ether oxygens (including phenoxy) is 1. The third kappa shape index (κ3) is 13.0. The third-order valence-corrected chi connectivity index (χ3v) is 8.52. The van der Waals surface area contributed by atoms with E-state index in [-0.39, 0.29) is 32.4 Å². The molecular weight excluding hydrogens is 631 g/mol. The largest absolute Gasteiger partial charge is 0.748 e. The summed E-state index contributed by atoms with van der Waals surface area (Å²) >= 11 is 8.47. The predicted molar refractivity (Wildman–Crippen MR) is 164 cm³/mol. The van der Waals surface area contributed by atoms with Crippen LogP contribution in [0.15, 0.2) is 0 Å². The van der Waals surface area contributed by atoms with Crippen LogP contribution in [0.3, 0.4) is 0 Å². The van der Waals surface area contributed by atoms with Crippen molar-refractivity contribution in [3.8, 4) is 5.75 Å². The van der Waals surface area contributed by atoms with Gasteiger partial charge in [0.1, 0.15) is 0 Å². The summed E-state index contributed by atoms with van der Waals surface area (Å²) in [5.41, 5.74) is -2.10. The number of nitrogens with zero attached hydrogens (tertiary/aromatic N) is 2. The number of thiol groups is 2. The molecule has 2 atom stereocenters. The summed E-state index contributed by atoms with van der Waals surface area (Å²) in [6, 6.07) is 0. The molecule has 8 nitrogen and oxygen atoms in total. The first-order valence-electron chi connectivity index (χ1n) is 13.9. The van der Waals surface area contributed by atoms with Crippen LogP contribution in [0.25, 0.3) is 4.85 Å². The zero-order valence-electron chi connectivity index (χ0n) is 25.3. The zero-order chi connectivity index (χ0) is 33.2. The van der Waals surface area contributed by atoms with Gasteiger partial charge < -0.3 is 23.9 Å². The number of hydrogen-bond donors (Lipinski definition) is 3. The molecule has 1 rings (SSSR count). The molecule has 0 spiro atoms. The lowest BCUT2D eigenvalue weighted by atomic mass is 9.79. The van der Waals surface area contributed by atoms with Gasteiger partial charge in [0.05, 0.1) is 48.7 Å². The van der Waals surface area contributed by atoms with E-state index in [4.69, 9.17) is 11.3 Å². The van der Waals surface area contributed by atoms with E-state index in [1.165, 1.54) is 20.8 Å². The normalized spacial score (nSPS) is 14.6. The highest BCUT2D eigenvalue weighted by Gasteiger charge is 2.41. The molecule has 246 valence electrons. The van der Waals surface area contributed by atoms with E-state index in [0.29, 0.717) is 42.6 Å². The molecule has 43 heavy (non-hydrogen) atoms. The highest BCUT2D eigenvalue weighted by Crippen LogP contribution is 2.42. The van der Waals surface area contributed by atoms with Crippen molar-refractivity contribution >= 4 is 41.3 Å². The number of unbranched alkanes of at least 4 members (excludes halogenated alkanes) is 1. The molecule has 1 aromatic rings. The van der Waals surface area contributed by atoms with Crippen LogP contribution >= 0.6 is 25.3 Å². The third-order valence-electron chi connectivity index (χ3n) is 7.03. The number of nitrogens with one attached hydrogen (secondary N) is 1. The van der Waals surface area contributed by atoms with Crippen LogP contribution in [0.2, 0.25) is 0 Å². The maximum Gasteiger partial charge on any atom is 0.235 e. The number of hydrogen-bond acceptors (Lipinski definition) is 7. The number of halogens is 4. The topological polar surface area (TPSA) is 99.9 Å². The fraction of sp³-hybridized carbons (Fsp3) is 0.714.